The van der Waals surface area contributed by atoms with Crippen molar-refractivity contribution in [2.24, 2.45) is 0 Å². The predicted octanol–water partition coefficient (Wildman–Crippen LogP) is 2.59. The third kappa shape index (κ3) is 3.89. The first-order valence-electron chi connectivity index (χ1n) is 7.73. The van der Waals surface area contributed by atoms with Gasteiger partial charge in [0.2, 0.25) is 0 Å². The lowest BCUT2D eigenvalue weighted by Crippen LogP contribution is -2.29. The molecular weight excluding hydrogens is 364 g/mol. The Kier molecular flexibility index (Phi) is 5.47. The van der Waals surface area contributed by atoms with E-state index in [1.807, 2.05) is 11.4 Å². The van der Waals surface area contributed by atoms with Crippen LogP contribution in [0.5, 0.6) is 0 Å². The summed E-state index contributed by atoms with van der Waals surface area (Å²) in [6, 6.07) is 3.92. The van der Waals surface area contributed by atoms with E-state index in [9.17, 15) is 4.79 Å². The lowest BCUT2D eigenvalue weighted by molar-refractivity contribution is 0.102. The summed E-state index contributed by atoms with van der Waals surface area (Å²) in [5.74, 6) is 0.360. The maximum absolute atomic E-state index is 12.3. The molecule has 2 N–H and O–H groups in total. The third-order valence-corrected chi connectivity index (χ3v) is 4.68. The smallest absolute Gasteiger partial charge is 0.279 e. The summed E-state index contributed by atoms with van der Waals surface area (Å²) < 4.78 is 7.08. The first kappa shape index (κ1) is 17.6. The number of piperidine rings is 1. The van der Waals surface area contributed by atoms with E-state index in [1.165, 1.54) is 11.3 Å². The van der Waals surface area contributed by atoms with Crippen LogP contribution in [-0.2, 0) is 0 Å². The van der Waals surface area contributed by atoms with Crippen LogP contribution in [0.4, 0.5) is 5.13 Å². The zero-order chi connectivity index (χ0) is 16.4. The molecule has 0 aromatic carbocycles. The summed E-state index contributed by atoms with van der Waals surface area (Å²) in [7, 11) is 0. The van der Waals surface area contributed by atoms with Gasteiger partial charge in [0.1, 0.15) is 5.69 Å². The van der Waals surface area contributed by atoms with E-state index >= 15 is 0 Å². The van der Waals surface area contributed by atoms with Crippen molar-refractivity contribution in [3.63, 3.8) is 0 Å². The minimum absolute atomic E-state index is 0. The van der Waals surface area contributed by atoms with Gasteiger partial charge in [-0.05, 0) is 38.1 Å². The quantitative estimate of drug-likeness (QED) is 0.722. The Morgan fingerprint density at radius 3 is 3.00 bits per heavy atom. The Balaban J connectivity index is 0.00000182. The van der Waals surface area contributed by atoms with Crippen LogP contribution in [0.1, 0.15) is 29.4 Å². The van der Waals surface area contributed by atoms with E-state index in [-0.39, 0.29) is 18.3 Å². The summed E-state index contributed by atoms with van der Waals surface area (Å²) in [6.07, 6.45) is 5.27. The van der Waals surface area contributed by atoms with Crippen molar-refractivity contribution in [1.82, 2.24) is 25.3 Å². The van der Waals surface area contributed by atoms with Crippen molar-refractivity contribution >= 4 is 34.8 Å². The number of halogens is 1. The molecule has 8 nitrogen and oxygen atoms in total. The van der Waals surface area contributed by atoms with Gasteiger partial charge in [0, 0.05) is 5.38 Å². The number of aromatic nitrogens is 4. The standard InChI is InChI=1S/C15H16N6O2S.ClH/c22-14(11-8-21(20-19-11)10-3-5-16-6-4-10)18-15-17-12(9-24-15)13-2-1-7-23-13;/h1-2,7-10,16H,3-6H2,(H,17,18,22);1H. The molecule has 4 heterocycles. The lowest BCUT2D eigenvalue weighted by Gasteiger charge is -2.21. The zero-order valence-electron chi connectivity index (χ0n) is 13.2. The van der Waals surface area contributed by atoms with Gasteiger partial charge >= 0.3 is 0 Å². The second-order valence-corrected chi connectivity index (χ2v) is 6.39. The highest BCUT2D eigenvalue weighted by atomic mass is 35.5. The molecule has 1 saturated heterocycles. The molecule has 0 radical (unpaired) electrons. The minimum atomic E-state index is -0.310. The molecule has 10 heteroatoms. The van der Waals surface area contributed by atoms with Crippen LogP contribution in [0.2, 0.25) is 0 Å². The van der Waals surface area contributed by atoms with Gasteiger partial charge in [-0.1, -0.05) is 5.21 Å². The summed E-state index contributed by atoms with van der Waals surface area (Å²) in [5, 5.41) is 16.5. The average molecular weight is 381 g/mol. The molecule has 132 valence electrons. The van der Waals surface area contributed by atoms with Crippen molar-refractivity contribution in [1.29, 1.82) is 0 Å². The lowest BCUT2D eigenvalue weighted by atomic mass is 10.1. The van der Waals surface area contributed by atoms with Crippen LogP contribution >= 0.6 is 23.7 Å². The maximum Gasteiger partial charge on any atom is 0.279 e. The molecule has 0 aliphatic carbocycles. The molecule has 0 saturated carbocycles. The van der Waals surface area contributed by atoms with E-state index in [0.717, 1.165) is 25.9 Å². The molecule has 3 aromatic heterocycles. The third-order valence-electron chi connectivity index (χ3n) is 3.92. The number of rotatable bonds is 4. The zero-order valence-corrected chi connectivity index (χ0v) is 14.8. The minimum Gasteiger partial charge on any atom is -0.463 e. The van der Waals surface area contributed by atoms with Gasteiger partial charge in [-0.25, -0.2) is 9.67 Å². The van der Waals surface area contributed by atoms with E-state index < -0.39 is 0 Å². The Bertz CT molecular complexity index is 825. The van der Waals surface area contributed by atoms with Gasteiger partial charge in [-0.3, -0.25) is 10.1 Å². The fourth-order valence-corrected chi connectivity index (χ4v) is 3.36. The fraction of sp³-hybridized carbons (Fsp3) is 0.333. The molecule has 4 rings (SSSR count). The van der Waals surface area contributed by atoms with Gasteiger partial charge in [-0.15, -0.1) is 28.8 Å². The summed E-state index contributed by atoms with van der Waals surface area (Å²) >= 11 is 1.34. The Hall–Kier alpha value is -2.23. The van der Waals surface area contributed by atoms with Gasteiger partial charge in [0.25, 0.3) is 5.91 Å². The molecule has 0 spiro atoms. The number of hydrogen-bond acceptors (Lipinski definition) is 7. The summed E-state index contributed by atoms with van der Waals surface area (Å²) in [6.45, 7) is 1.92. The van der Waals surface area contributed by atoms with Gasteiger partial charge in [0.05, 0.1) is 18.5 Å². The molecule has 1 aliphatic rings. The Morgan fingerprint density at radius 1 is 1.40 bits per heavy atom. The molecule has 0 unspecified atom stereocenters. The SMILES string of the molecule is Cl.O=C(Nc1nc(-c2ccco2)cs1)c1cn(C2CCNCC2)nn1. The van der Waals surface area contributed by atoms with Crippen molar-refractivity contribution in [3.05, 3.63) is 35.7 Å². The average Bonchev–Trinajstić information content (AvgIpc) is 3.36. The summed E-state index contributed by atoms with van der Waals surface area (Å²) in [4.78, 5) is 16.7. The van der Waals surface area contributed by atoms with E-state index in [2.05, 4.69) is 25.9 Å². The van der Waals surface area contributed by atoms with E-state index in [4.69, 9.17) is 4.42 Å². The van der Waals surface area contributed by atoms with Crippen molar-refractivity contribution in [2.75, 3.05) is 18.4 Å². The van der Waals surface area contributed by atoms with Gasteiger partial charge < -0.3 is 9.73 Å². The number of hydrogen-bond donors (Lipinski definition) is 2. The Morgan fingerprint density at radius 2 is 2.24 bits per heavy atom. The number of carbonyl (C=O) groups excluding carboxylic acids is 1. The molecule has 1 fully saturated rings. The molecule has 1 amide bonds. The van der Waals surface area contributed by atoms with Gasteiger partial charge in [-0.2, -0.15) is 0 Å². The van der Waals surface area contributed by atoms with Gasteiger partial charge in [0.15, 0.2) is 16.6 Å². The van der Waals surface area contributed by atoms with E-state index in [1.54, 1.807) is 23.2 Å². The van der Waals surface area contributed by atoms with Crippen molar-refractivity contribution < 1.29 is 9.21 Å². The Labute approximate surface area is 154 Å². The number of nitrogens with one attached hydrogen (secondary N) is 2. The summed E-state index contributed by atoms with van der Waals surface area (Å²) in [5.41, 5.74) is 0.988. The second-order valence-electron chi connectivity index (χ2n) is 5.53. The van der Waals surface area contributed by atoms with Crippen LogP contribution in [0.3, 0.4) is 0 Å². The largest absolute Gasteiger partial charge is 0.463 e. The monoisotopic (exact) mass is 380 g/mol. The number of carbonyl (C=O) groups is 1. The second kappa shape index (κ2) is 7.77. The first-order chi connectivity index (χ1) is 11.8. The number of anilines is 1. The predicted molar refractivity (Wildman–Crippen MR) is 96.2 cm³/mol. The number of nitrogens with zero attached hydrogens (tertiary/aromatic N) is 4. The van der Waals surface area contributed by atoms with E-state index in [0.29, 0.717) is 28.3 Å². The van der Waals surface area contributed by atoms with Crippen molar-refractivity contribution in [2.45, 2.75) is 18.9 Å². The fourth-order valence-electron chi connectivity index (χ4n) is 2.66. The molecule has 3 aromatic rings. The van der Waals surface area contributed by atoms with Crippen LogP contribution < -0.4 is 10.6 Å². The number of amides is 1. The number of thiazole rings is 1. The first-order valence-corrected chi connectivity index (χ1v) is 8.61. The molecule has 1 aliphatic heterocycles. The molecular formula is C15H17ClN6O2S. The topological polar surface area (TPSA) is 97.9 Å². The van der Waals surface area contributed by atoms with Crippen LogP contribution in [-0.4, -0.2) is 39.0 Å². The highest BCUT2D eigenvalue weighted by Crippen LogP contribution is 2.25. The molecule has 25 heavy (non-hydrogen) atoms. The van der Waals surface area contributed by atoms with Crippen LogP contribution in [0.25, 0.3) is 11.5 Å². The highest BCUT2D eigenvalue weighted by Gasteiger charge is 2.19. The van der Waals surface area contributed by atoms with Crippen LogP contribution in [0, 0.1) is 0 Å². The van der Waals surface area contributed by atoms with Crippen molar-refractivity contribution in [3.8, 4) is 11.5 Å². The molecule has 0 atom stereocenters. The van der Waals surface area contributed by atoms with Crippen LogP contribution in [0.15, 0.2) is 34.4 Å². The highest BCUT2D eigenvalue weighted by molar-refractivity contribution is 7.14. The number of furan rings is 1. The normalized spacial score (nSPS) is 14.9. The maximum atomic E-state index is 12.3. The molecule has 0 bridgehead atoms.